The Balaban J connectivity index is 1.57. The molecule has 0 saturated carbocycles. The predicted octanol–water partition coefficient (Wildman–Crippen LogP) is 1.94. The van der Waals surface area contributed by atoms with Crippen LogP contribution in [0.5, 0.6) is 0 Å². The summed E-state index contributed by atoms with van der Waals surface area (Å²) < 4.78 is 5.37. The Morgan fingerprint density at radius 1 is 1.35 bits per heavy atom. The van der Waals surface area contributed by atoms with E-state index in [-0.39, 0.29) is 0 Å². The van der Waals surface area contributed by atoms with Crippen LogP contribution in [-0.4, -0.2) is 40.2 Å². The van der Waals surface area contributed by atoms with Gasteiger partial charge in [-0.3, -0.25) is 4.98 Å². The molecule has 1 aliphatic heterocycles. The van der Waals surface area contributed by atoms with Crippen LogP contribution >= 0.6 is 0 Å². The highest BCUT2D eigenvalue weighted by Crippen LogP contribution is 2.20. The van der Waals surface area contributed by atoms with Gasteiger partial charge in [0.15, 0.2) is 5.82 Å². The van der Waals surface area contributed by atoms with Gasteiger partial charge in [0.25, 0.3) is 0 Å². The average Bonchev–Trinajstić information content (AvgIpc) is 2.90. The third kappa shape index (κ3) is 3.42. The van der Waals surface area contributed by atoms with E-state index in [4.69, 9.17) is 4.52 Å². The quantitative estimate of drug-likeness (QED) is 0.851. The van der Waals surface area contributed by atoms with Gasteiger partial charge in [-0.2, -0.15) is 4.98 Å². The Labute approximate surface area is 119 Å². The minimum absolute atomic E-state index is 0.679. The third-order valence-corrected chi connectivity index (χ3v) is 3.90. The van der Waals surface area contributed by atoms with Gasteiger partial charge in [-0.1, -0.05) is 11.2 Å². The molecule has 0 spiro atoms. The maximum Gasteiger partial charge on any atom is 0.226 e. The Bertz CT molecular complexity index is 532. The highest BCUT2D eigenvalue weighted by molar-refractivity contribution is 5.13. The van der Waals surface area contributed by atoms with Crippen molar-refractivity contribution in [2.75, 3.05) is 20.1 Å². The number of pyridine rings is 1. The largest absolute Gasteiger partial charge is 0.339 e. The fourth-order valence-electron chi connectivity index (χ4n) is 2.64. The molecule has 2 aromatic heterocycles. The lowest BCUT2D eigenvalue weighted by atomic mass is 9.94. The monoisotopic (exact) mass is 272 g/mol. The van der Waals surface area contributed by atoms with Gasteiger partial charge in [-0.15, -0.1) is 0 Å². The van der Waals surface area contributed by atoms with Gasteiger partial charge in [-0.05, 0) is 50.5 Å². The molecule has 0 aliphatic carbocycles. The summed E-state index contributed by atoms with van der Waals surface area (Å²) in [5.41, 5.74) is 1.11. The van der Waals surface area contributed by atoms with E-state index >= 15 is 0 Å². The number of hydrogen-bond donors (Lipinski definition) is 0. The van der Waals surface area contributed by atoms with Crippen molar-refractivity contribution in [2.45, 2.75) is 25.7 Å². The van der Waals surface area contributed by atoms with Crippen molar-refractivity contribution in [1.29, 1.82) is 0 Å². The summed E-state index contributed by atoms with van der Waals surface area (Å²) in [6.45, 7) is 2.34. The first kappa shape index (κ1) is 13.2. The standard InChI is InChI=1S/C15H20N4O/c1-19-7-4-12(5-8-19)10-15-17-14(18-20-15)9-13-3-2-6-16-11-13/h2-3,6,11-12H,4-5,7-10H2,1H3. The molecule has 5 heteroatoms. The fourth-order valence-corrected chi connectivity index (χ4v) is 2.64. The van der Waals surface area contributed by atoms with Gasteiger partial charge in [0.1, 0.15) is 0 Å². The van der Waals surface area contributed by atoms with Gasteiger partial charge in [0.05, 0.1) is 0 Å². The van der Waals surface area contributed by atoms with Crippen molar-refractivity contribution in [1.82, 2.24) is 20.0 Å². The maximum absolute atomic E-state index is 5.37. The lowest BCUT2D eigenvalue weighted by Gasteiger charge is -2.27. The number of likely N-dealkylation sites (tertiary alicyclic amines) is 1. The SMILES string of the molecule is CN1CCC(Cc2nc(Cc3cccnc3)no2)CC1. The van der Waals surface area contributed by atoms with Crippen LogP contribution in [0, 0.1) is 5.92 Å². The topological polar surface area (TPSA) is 55.1 Å². The minimum Gasteiger partial charge on any atom is -0.339 e. The van der Waals surface area contributed by atoms with Gasteiger partial charge in [-0.25, -0.2) is 0 Å². The van der Waals surface area contributed by atoms with Crippen molar-refractivity contribution in [3.05, 3.63) is 41.8 Å². The maximum atomic E-state index is 5.37. The van der Waals surface area contributed by atoms with Crippen LogP contribution in [0.2, 0.25) is 0 Å². The molecule has 1 aliphatic rings. The first-order valence-electron chi connectivity index (χ1n) is 7.18. The predicted molar refractivity (Wildman–Crippen MR) is 75.3 cm³/mol. The molecule has 0 atom stereocenters. The lowest BCUT2D eigenvalue weighted by Crippen LogP contribution is -2.30. The minimum atomic E-state index is 0.679. The van der Waals surface area contributed by atoms with Crippen LogP contribution < -0.4 is 0 Å². The molecule has 20 heavy (non-hydrogen) atoms. The zero-order valence-electron chi connectivity index (χ0n) is 11.8. The first-order chi connectivity index (χ1) is 9.79. The highest BCUT2D eigenvalue weighted by atomic mass is 16.5. The molecule has 106 valence electrons. The van der Waals surface area contributed by atoms with E-state index in [0.717, 1.165) is 23.7 Å². The summed E-state index contributed by atoms with van der Waals surface area (Å²) in [6.07, 6.45) is 7.64. The number of rotatable bonds is 4. The first-order valence-corrected chi connectivity index (χ1v) is 7.18. The summed E-state index contributed by atoms with van der Waals surface area (Å²) in [7, 11) is 2.18. The number of hydrogen-bond acceptors (Lipinski definition) is 5. The van der Waals surface area contributed by atoms with Crippen LogP contribution in [0.4, 0.5) is 0 Å². The zero-order chi connectivity index (χ0) is 13.8. The molecule has 0 amide bonds. The third-order valence-electron chi connectivity index (χ3n) is 3.90. The molecule has 0 N–H and O–H groups in total. The highest BCUT2D eigenvalue weighted by Gasteiger charge is 2.19. The molecule has 2 aromatic rings. The van der Waals surface area contributed by atoms with Crippen LogP contribution in [0.1, 0.15) is 30.1 Å². The van der Waals surface area contributed by atoms with Gasteiger partial charge in [0.2, 0.25) is 5.89 Å². The zero-order valence-corrected chi connectivity index (χ0v) is 11.8. The van der Waals surface area contributed by atoms with Crippen molar-refractivity contribution in [2.24, 2.45) is 5.92 Å². The Morgan fingerprint density at radius 2 is 2.20 bits per heavy atom. The van der Waals surface area contributed by atoms with E-state index < -0.39 is 0 Å². The fraction of sp³-hybridized carbons (Fsp3) is 0.533. The molecule has 3 heterocycles. The summed E-state index contributed by atoms with van der Waals surface area (Å²) in [5, 5.41) is 4.07. The molecule has 1 saturated heterocycles. The molecular formula is C15H20N4O. The van der Waals surface area contributed by atoms with E-state index in [1.807, 2.05) is 18.3 Å². The second-order valence-electron chi connectivity index (χ2n) is 5.59. The summed E-state index contributed by atoms with van der Waals surface area (Å²) >= 11 is 0. The Kier molecular flexibility index (Phi) is 4.06. The molecule has 3 rings (SSSR count). The van der Waals surface area contributed by atoms with Crippen molar-refractivity contribution < 1.29 is 4.52 Å². The van der Waals surface area contributed by atoms with E-state index in [0.29, 0.717) is 12.3 Å². The van der Waals surface area contributed by atoms with Crippen LogP contribution in [0.3, 0.4) is 0 Å². The molecule has 5 nitrogen and oxygen atoms in total. The number of aromatic nitrogens is 3. The van der Waals surface area contributed by atoms with Crippen LogP contribution in [0.15, 0.2) is 29.0 Å². The molecular weight excluding hydrogens is 252 g/mol. The van der Waals surface area contributed by atoms with Gasteiger partial charge >= 0.3 is 0 Å². The number of piperidine rings is 1. The molecule has 1 fully saturated rings. The Morgan fingerprint density at radius 3 is 2.95 bits per heavy atom. The smallest absolute Gasteiger partial charge is 0.226 e. The molecule has 0 unspecified atom stereocenters. The number of nitrogens with zero attached hydrogens (tertiary/aromatic N) is 4. The average molecular weight is 272 g/mol. The van der Waals surface area contributed by atoms with E-state index in [1.165, 1.54) is 25.9 Å². The Hall–Kier alpha value is -1.75. The second-order valence-corrected chi connectivity index (χ2v) is 5.59. The van der Waals surface area contributed by atoms with Crippen LogP contribution in [-0.2, 0) is 12.8 Å². The van der Waals surface area contributed by atoms with Crippen LogP contribution in [0.25, 0.3) is 0 Å². The molecule has 0 radical (unpaired) electrons. The summed E-state index contributed by atoms with van der Waals surface area (Å²) in [5.74, 6) is 2.21. The van der Waals surface area contributed by atoms with Crippen molar-refractivity contribution in [3.8, 4) is 0 Å². The van der Waals surface area contributed by atoms with E-state index in [2.05, 4.69) is 27.1 Å². The normalized spacial score (nSPS) is 17.4. The summed E-state index contributed by atoms with van der Waals surface area (Å²) in [6, 6.07) is 3.95. The van der Waals surface area contributed by atoms with E-state index in [1.54, 1.807) is 6.20 Å². The lowest BCUT2D eigenvalue weighted by molar-refractivity contribution is 0.208. The van der Waals surface area contributed by atoms with Crippen molar-refractivity contribution in [3.63, 3.8) is 0 Å². The van der Waals surface area contributed by atoms with Crippen molar-refractivity contribution >= 4 is 0 Å². The van der Waals surface area contributed by atoms with Gasteiger partial charge < -0.3 is 9.42 Å². The molecule has 0 bridgehead atoms. The second kappa shape index (κ2) is 6.13. The molecule has 0 aromatic carbocycles. The van der Waals surface area contributed by atoms with E-state index in [9.17, 15) is 0 Å². The summed E-state index contributed by atoms with van der Waals surface area (Å²) in [4.78, 5) is 11.0. The van der Waals surface area contributed by atoms with Gasteiger partial charge in [0, 0.05) is 25.2 Å².